The number of phenolic OH excluding ortho intramolecular Hbond substituents is 1. The zero-order valence-corrected chi connectivity index (χ0v) is 16.4. The van der Waals surface area contributed by atoms with Crippen LogP contribution in [0.1, 0.15) is 42.1 Å². The molecule has 1 saturated carbocycles. The van der Waals surface area contributed by atoms with Gasteiger partial charge in [-0.1, -0.05) is 0 Å². The summed E-state index contributed by atoms with van der Waals surface area (Å²) in [6, 6.07) is 4.05. The van der Waals surface area contributed by atoms with Crippen molar-refractivity contribution in [1.29, 1.82) is 0 Å². The minimum absolute atomic E-state index is 0.0180. The molecule has 2 N–H and O–H groups in total. The van der Waals surface area contributed by atoms with Gasteiger partial charge in [-0.15, -0.1) is 0 Å². The van der Waals surface area contributed by atoms with E-state index in [1.165, 1.54) is 37.2 Å². The molecule has 11 heteroatoms. The highest BCUT2D eigenvalue weighted by molar-refractivity contribution is 5.84. The summed E-state index contributed by atoms with van der Waals surface area (Å²) >= 11 is 0. The first-order valence-electron chi connectivity index (χ1n) is 9.14. The molecule has 1 fully saturated rings. The minimum atomic E-state index is -4.52. The molecule has 162 valence electrons. The van der Waals surface area contributed by atoms with Crippen LogP contribution in [-0.4, -0.2) is 41.2 Å². The van der Waals surface area contributed by atoms with Gasteiger partial charge in [-0.25, -0.2) is 5.43 Å². The fourth-order valence-electron chi connectivity index (χ4n) is 2.89. The van der Waals surface area contributed by atoms with Gasteiger partial charge in [0.25, 0.3) is 0 Å². The van der Waals surface area contributed by atoms with Crippen LogP contribution in [0.2, 0.25) is 0 Å². The molecule has 1 heterocycles. The number of benzene rings is 1. The molecule has 30 heavy (non-hydrogen) atoms. The number of carbonyl (C=O) groups excluding carboxylic acids is 1. The number of nitrogens with one attached hydrogen (secondary N) is 1. The van der Waals surface area contributed by atoms with E-state index in [-0.39, 0.29) is 36.1 Å². The number of aromatic nitrogens is 2. The summed E-state index contributed by atoms with van der Waals surface area (Å²) in [5.74, 6) is -0.225. The predicted octanol–water partition coefficient (Wildman–Crippen LogP) is 3.04. The molecule has 0 atom stereocenters. The fraction of sp³-hybridized carbons (Fsp3) is 0.421. The molecule has 0 radical (unpaired) electrons. The summed E-state index contributed by atoms with van der Waals surface area (Å²) in [5.41, 5.74) is 2.37. The second-order valence-corrected chi connectivity index (χ2v) is 6.77. The summed E-state index contributed by atoms with van der Waals surface area (Å²) in [7, 11) is 2.76. The van der Waals surface area contributed by atoms with Gasteiger partial charge in [0, 0.05) is 23.6 Å². The summed E-state index contributed by atoms with van der Waals surface area (Å²) in [6.45, 7) is 0.0180. The van der Waals surface area contributed by atoms with E-state index >= 15 is 0 Å². The first-order valence-corrected chi connectivity index (χ1v) is 9.14. The maximum absolute atomic E-state index is 12.9. The number of rotatable bonds is 8. The van der Waals surface area contributed by atoms with Crippen molar-refractivity contribution in [3.8, 4) is 17.2 Å². The predicted molar refractivity (Wildman–Crippen MR) is 101 cm³/mol. The lowest BCUT2D eigenvalue weighted by Crippen LogP contribution is -2.20. The normalized spacial score (nSPS) is 14.2. The van der Waals surface area contributed by atoms with E-state index in [9.17, 15) is 23.1 Å². The average molecular weight is 426 g/mol. The first kappa shape index (κ1) is 21.5. The summed E-state index contributed by atoms with van der Waals surface area (Å²) < 4.78 is 50.1. The van der Waals surface area contributed by atoms with E-state index in [1.807, 2.05) is 0 Å². The zero-order chi connectivity index (χ0) is 21.9. The number of aryl methyl sites for hydroxylation is 1. The van der Waals surface area contributed by atoms with E-state index in [2.05, 4.69) is 15.6 Å². The van der Waals surface area contributed by atoms with Gasteiger partial charge in [0.15, 0.2) is 17.2 Å². The van der Waals surface area contributed by atoms with Crippen molar-refractivity contribution in [3.63, 3.8) is 0 Å². The Bertz CT molecular complexity index is 927. The van der Waals surface area contributed by atoms with Crippen molar-refractivity contribution in [3.05, 3.63) is 35.2 Å². The Labute approximate surface area is 170 Å². The Morgan fingerprint density at radius 3 is 2.47 bits per heavy atom. The molecule has 1 aliphatic carbocycles. The van der Waals surface area contributed by atoms with Crippen LogP contribution in [0, 0.1) is 0 Å². The number of hydrogen-bond donors (Lipinski definition) is 2. The van der Waals surface area contributed by atoms with Gasteiger partial charge in [0.2, 0.25) is 11.7 Å². The molecule has 1 aromatic carbocycles. The Kier molecular flexibility index (Phi) is 6.18. The van der Waals surface area contributed by atoms with E-state index in [0.717, 1.165) is 18.9 Å². The summed E-state index contributed by atoms with van der Waals surface area (Å²) in [5, 5.41) is 17.3. The fourth-order valence-corrected chi connectivity index (χ4v) is 2.89. The Hall–Kier alpha value is -3.24. The summed E-state index contributed by atoms with van der Waals surface area (Å²) in [6.07, 6.45) is -1.64. The lowest BCUT2D eigenvalue weighted by Gasteiger charge is -2.09. The van der Waals surface area contributed by atoms with Crippen molar-refractivity contribution < 1.29 is 32.5 Å². The number of nitrogens with zero attached hydrogens (tertiary/aromatic N) is 3. The quantitative estimate of drug-likeness (QED) is 0.500. The molecule has 0 bridgehead atoms. The monoisotopic (exact) mass is 426 g/mol. The second-order valence-electron chi connectivity index (χ2n) is 6.77. The molecule has 2 aromatic rings. The number of hydrogen-bond acceptors (Lipinski definition) is 6. The first-order chi connectivity index (χ1) is 14.2. The van der Waals surface area contributed by atoms with E-state index < -0.39 is 17.8 Å². The molecule has 0 spiro atoms. The number of carbonyl (C=O) groups is 1. The number of amides is 1. The van der Waals surface area contributed by atoms with E-state index in [0.29, 0.717) is 11.3 Å². The van der Waals surface area contributed by atoms with Gasteiger partial charge in [-0.2, -0.15) is 23.4 Å². The van der Waals surface area contributed by atoms with Crippen LogP contribution in [0.5, 0.6) is 17.2 Å². The van der Waals surface area contributed by atoms with Crippen molar-refractivity contribution in [2.45, 2.75) is 37.9 Å². The number of aromatic hydroxyl groups is 1. The highest BCUT2D eigenvalue weighted by atomic mass is 19.4. The second kappa shape index (κ2) is 8.64. The van der Waals surface area contributed by atoms with Crippen LogP contribution in [0.25, 0.3) is 0 Å². The molecule has 0 unspecified atom stereocenters. The molecule has 1 amide bonds. The third-order valence-corrected chi connectivity index (χ3v) is 4.55. The molecule has 3 rings (SSSR count). The highest BCUT2D eigenvalue weighted by Crippen LogP contribution is 2.42. The van der Waals surface area contributed by atoms with E-state index in [1.54, 1.807) is 0 Å². The van der Waals surface area contributed by atoms with Crippen molar-refractivity contribution in [2.24, 2.45) is 5.10 Å². The molecular formula is C19H21F3N4O4. The van der Waals surface area contributed by atoms with Crippen LogP contribution in [0.3, 0.4) is 0 Å². The number of hydrazone groups is 1. The molecule has 0 aliphatic heterocycles. The third-order valence-electron chi connectivity index (χ3n) is 4.55. The Morgan fingerprint density at radius 1 is 1.30 bits per heavy atom. The van der Waals surface area contributed by atoms with E-state index in [4.69, 9.17) is 9.47 Å². The number of methoxy groups -OCH3 is 2. The smallest absolute Gasteiger partial charge is 0.435 e. The van der Waals surface area contributed by atoms with Crippen LogP contribution >= 0.6 is 0 Å². The molecule has 8 nitrogen and oxygen atoms in total. The van der Waals surface area contributed by atoms with Crippen LogP contribution < -0.4 is 14.9 Å². The zero-order valence-electron chi connectivity index (χ0n) is 16.4. The number of phenols is 1. The highest BCUT2D eigenvalue weighted by Gasteiger charge is 2.37. The average Bonchev–Trinajstić information content (AvgIpc) is 3.45. The molecule has 1 aromatic heterocycles. The number of halogens is 3. The Balaban J connectivity index is 1.60. The SMILES string of the molecule is COc1cc(/C=N/NC(=O)CCn2nc(C(F)(F)F)cc2C2CC2)cc(OC)c1O. The van der Waals surface area contributed by atoms with Crippen molar-refractivity contribution in [2.75, 3.05) is 14.2 Å². The van der Waals surface area contributed by atoms with Crippen molar-refractivity contribution in [1.82, 2.24) is 15.2 Å². The van der Waals surface area contributed by atoms with Gasteiger partial charge < -0.3 is 14.6 Å². The number of ether oxygens (including phenoxy) is 2. The minimum Gasteiger partial charge on any atom is -0.502 e. The molecule has 0 saturated heterocycles. The largest absolute Gasteiger partial charge is 0.502 e. The molecule has 1 aliphatic rings. The third kappa shape index (κ3) is 5.02. The topological polar surface area (TPSA) is 98.0 Å². The van der Waals surface area contributed by atoms with Crippen LogP contribution in [0.4, 0.5) is 13.2 Å². The van der Waals surface area contributed by atoms with Crippen LogP contribution in [-0.2, 0) is 17.5 Å². The lowest BCUT2D eigenvalue weighted by atomic mass is 10.2. The van der Waals surface area contributed by atoms with Gasteiger partial charge in [-0.3, -0.25) is 9.48 Å². The lowest BCUT2D eigenvalue weighted by molar-refractivity contribution is -0.141. The van der Waals surface area contributed by atoms with Gasteiger partial charge in [0.1, 0.15) is 0 Å². The summed E-state index contributed by atoms with van der Waals surface area (Å²) in [4.78, 5) is 12.0. The molecular weight excluding hydrogens is 405 g/mol. The number of alkyl halides is 3. The Morgan fingerprint density at radius 2 is 1.93 bits per heavy atom. The van der Waals surface area contributed by atoms with Gasteiger partial charge >= 0.3 is 6.18 Å². The maximum atomic E-state index is 12.9. The maximum Gasteiger partial charge on any atom is 0.435 e. The van der Waals surface area contributed by atoms with Gasteiger partial charge in [0.05, 0.1) is 27.0 Å². The van der Waals surface area contributed by atoms with Gasteiger partial charge in [-0.05, 0) is 31.0 Å². The standard InChI is InChI=1S/C19H21F3N4O4/c1-29-14-7-11(8-15(30-2)18(14)28)10-23-24-17(27)5-6-26-13(12-3-4-12)9-16(25-26)19(20,21)22/h7-10,12,28H,3-6H2,1-2H3,(H,24,27)/b23-10+. The van der Waals surface area contributed by atoms with Crippen molar-refractivity contribution >= 4 is 12.1 Å². The van der Waals surface area contributed by atoms with Crippen LogP contribution in [0.15, 0.2) is 23.3 Å².